The van der Waals surface area contributed by atoms with E-state index < -0.39 is 0 Å². The number of hydrogen-bond acceptors (Lipinski definition) is 5. The molecule has 24 heavy (non-hydrogen) atoms. The molecule has 0 amide bonds. The number of aromatic nitrogens is 3. The van der Waals surface area contributed by atoms with Gasteiger partial charge in [0.05, 0.1) is 6.20 Å². The Hall–Kier alpha value is -2.95. The molecule has 1 atom stereocenters. The number of rotatable bonds is 4. The fourth-order valence-corrected chi connectivity index (χ4v) is 3.07. The minimum atomic E-state index is 0.154. The first-order valence-electron chi connectivity index (χ1n) is 8.18. The Labute approximate surface area is 141 Å². The van der Waals surface area contributed by atoms with E-state index in [-0.39, 0.29) is 6.04 Å². The highest BCUT2D eigenvalue weighted by atomic mass is 15.3. The summed E-state index contributed by atoms with van der Waals surface area (Å²) < 4.78 is 0. The molecule has 0 fully saturated rings. The van der Waals surface area contributed by atoms with Crippen molar-refractivity contribution >= 4 is 17.5 Å². The minimum absolute atomic E-state index is 0.154. The summed E-state index contributed by atoms with van der Waals surface area (Å²) in [6, 6.07) is 18.8. The van der Waals surface area contributed by atoms with Crippen molar-refractivity contribution in [3.05, 3.63) is 71.9 Å². The molecule has 0 spiro atoms. The van der Waals surface area contributed by atoms with Crippen LogP contribution >= 0.6 is 0 Å². The SMILES string of the molecule is CC(Nc1cnnc(N2CCc3ccccc32)n1)c1ccccc1. The maximum atomic E-state index is 4.66. The van der Waals surface area contributed by atoms with E-state index in [1.54, 1.807) is 6.20 Å². The van der Waals surface area contributed by atoms with Crippen LogP contribution in [0.15, 0.2) is 60.8 Å². The molecule has 2 aromatic carbocycles. The van der Waals surface area contributed by atoms with Crippen LogP contribution in [0.5, 0.6) is 0 Å². The first-order chi connectivity index (χ1) is 11.8. The van der Waals surface area contributed by atoms with E-state index in [2.05, 4.69) is 62.7 Å². The van der Waals surface area contributed by atoms with Gasteiger partial charge in [-0.05, 0) is 30.5 Å². The average Bonchev–Trinajstić information content (AvgIpc) is 3.07. The zero-order valence-corrected chi connectivity index (χ0v) is 13.6. The van der Waals surface area contributed by atoms with E-state index in [9.17, 15) is 0 Å². The molecule has 1 aromatic heterocycles. The fraction of sp³-hybridized carbons (Fsp3) is 0.211. The van der Waals surface area contributed by atoms with Crippen molar-refractivity contribution < 1.29 is 0 Å². The number of nitrogens with zero attached hydrogens (tertiary/aromatic N) is 4. The van der Waals surface area contributed by atoms with E-state index in [1.807, 2.05) is 24.3 Å². The molecule has 1 aliphatic heterocycles. The monoisotopic (exact) mass is 317 g/mol. The van der Waals surface area contributed by atoms with Crippen molar-refractivity contribution in [1.82, 2.24) is 15.2 Å². The van der Waals surface area contributed by atoms with Crippen LogP contribution in [0, 0.1) is 0 Å². The lowest BCUT2D eigenvalue weighted by Crippen LogP contribution is -2.18. The quantitative estimate of drug-likeness (QED) is 0.794. The molecule has 1 unspecified atom stereocenters. The zero-order valence-electron chi connectivity index (χ0n) is 13.6. The molecular weight excluding hydrogens is 298 g/mol. The molecule has 0 saturated carbocycles. The van der Waals surface area contributed by atoms with Crippen LogP contribution in [0.1, 0.15) is 24.1 Å². The summed E-state index contributed by atoms with van der Waals surface area (Å²) in [6.45, 7) is 3.00. The van der Waals surface area contributed by atoms with Gasteiger partial charge in [0.15, 0.2) is 5.82 Å². The molecule has 0 radical (unpaired) electrons. The van der Waals surface area contributed by atoms with Crippen LogP contribution < -0.4 is 10.2 Å². The first-order valence-corrected chi connectivity index (χ1v) is 8.18. The summed E-state index contributed by atoms with van der Waals surface area (Å²) in [5, 5.41) is 11.8. The van der Waals surface area contributed by atoms with Gasteiger partial charge in [0.2, 0.25) is 0 Å². The van der Waals surface area contributed by atoms with Crippen LogP contribution in [-0.4, -0.2) is 21.7 Å². The molecule has 120 valence electrons. The summed E-state index contributed by atoms with van der Waals surface area (Å²) in [4.78, 5) is 6.79. The van der Waals surface area contributed by atoms with Gasteiger partial charge in [-0.2, -0.15) is 10.1 Å². The van der Waals surface area contributed by atoms with Crippen molar-refractivity contribution in [2.45, 2.75) is 19.4 Å². The second-order valence-electron chi connectivity index (χ2n) is 5.95. The standard InChI is InChI=1S/C19H19N5/c1-14(15-7-3-2-4-8-15)21-18-13-20-23-19(22-18)24-12-11-16-9-5-6-10-17(16)24/h2-10,13-14H,11-12H2,1H3,(H,21,22,23). The van der Waals surface area contributed by atoms with Gasteiger partial charge >= 0.3 is 0 Å². The lowest BCUT2D eigenvalue weighted by Gasteiger charge is -2.18. The summed E-state index contributed by atoms with van der Waals surface area (Å²) in [6.07, 6.45) is 2.68. The number of fused-ring (bicyclic) bond motifs is 1. The lowest BCUT2D eigenvalue weighted by molar-refractivity contribution is 0.843. The summed E-state index contributed by atoms with van der Waals surface area (Å²) in [5.41, 5.74) is 3.72. The first kappa shape index (κ1) is 14.6. The molecular formula is C19H19N5. The van der Waals surface area contributed by atoms with Crippen LogP contribution in [0.3, 0.4) is 0 Å². The molecule has 0 saturated heterocycles. The molecule has 5 heteroatoms. The Morgan fingerprint density at radius 1 is 1.04 bits per heavy atom. The maximum Gasteiger partial charge on any atom is 0.251 e. The summed E-state index contributed by atoms with van der Waals surface area (Å²) >= 11 is 0. The van der Waals surface area contributed by atoms with Gasteiger partial charge in [-0.25, -0.2) is 0 Å². The lowest BCUT2D eigenvalue weighted by atomic mass is 10.1. The van der Waals surface area contributed by atoms with Crippen LogP contribution in [0.2, 0.25) is 0 Å². The van der Waals surface area contributed by atoms with E-state index in [0.717, 1.165) is 18.8 Å². The Morgan fingerprint density at radius 3 is 2.71 bits per heavy atom. The van der Waals surface area contributed by atoms with Gasteiger partial charge in [-0.1, -0.05) is 48.5 Å². The van der Waals surface area contributed by atoms with E-state index in [1.165, 1.54) is 16.8 Å². The van der Waals surface area contributed by atoms with Crippen molar-refractivity contribution in [3.8, 4) is 0 Å². The Bertz CT molecular complexity index is 834. The zero-order chi connectivity index (χ0) is 16.4. The van der Waals surface area contributed by atoms with Crippen molar-refractivity contribution in [1.29, 1.82) is 0 Å². The highest BCUT2D eigenvalue weighted by Gasteiger charge is 2.22. The summed E-state index contributed by atoms with van der Waals surface area (Å²) in [7, 11) is 0. The van der Waals surface area contributed by atoms with E-state index in [0.29, 0.717) is 5.95 Å². The molecule has 3 aromatic rings. The number of para-hydroxylation sites is 1. The molecule has 5 nitrogen and oxygen atoms in total. The van der Waals surface area contributed by atoms with Crippen LogP contribution in [0.4, 0.5) is 17.5 Å². The third-order valence-electron chi connectivity index (χ3n) is 4.34. The second-order valence-corrected chi connectivity index (χ2v) is 5.95. The molecule has 0 aliphatic carbocycles. The topological polar surface area (TPSA) is 53.9 Å². The van der Waals surface area contributed by atoms with Crippen molar-refractivity contribution in [2.75, 3.05) is 16.8 Å². The van der Waals surface area contributed by atoms with Crippen molar-refractivity contribution in [2.24, 2.45) is 0 Å². The predicted octanol–water partition coefficient (Wildman–Crippen LogP) is 3.74. The molecule has 4 rings (SSSR count). The maximum absolute atomic E-state index is 4.66. The largest absolute Gasteiger partial charge is 0.362 e. The molecule has 1 N–H and O–H groups in total. The third kappa shape index (κ3) is 2.80. The van der Waals surface area contributed by atoms with Gasteiger partial charge in [-0.3, -0.25) is 0 Å². The molecule has 2 heterocycles. The highest BCUT2D eigenvalue weighted by Crippen LogP contribution is 2.32. The Balaban J connectivity index is 1.57. The van der Waals surface area contributed by atoms with Gasteiger partial charge < -0.3 is 10.2 Å². The van der Waals surface area contributed by atoms with E-state index >= 15 is 0 Å². The van der Waals surface area contributed by atoms with Gasteiger partial charge in [-0.15, -0.1) is 5.10 Å². The highest BCUT2D eigenvalue weighted by molar-refractivity contribution is 5.65. The van der Waals surface area contributed by atoms with Gasteiger partial charge in [0.25, 0.3) is 5.95 Å². The fourth-order valence-electron chi connectivity index (χ4n) is 3.07. The molecule has 1 aliphatic rings. The minimum Gasteiger partial charge on any atom is -0.362 e. The number of benzene rings is 2. The summed E-state index contributed by atoms with van der Waals surface area (Å²) in [5.74, 6) is 1.38. The molecule has 0 bridgehead atoms. The number of hydrogen-bond donors (Lipinski definition) is 1. The van der Waals surface area contributed by atoms with E-state index in [4.69, 9.17) is 0 Å². The van der Waals surface area contributed by atoms with Crippen LogP contribution in [0.25, 0.3) is 0 Å². The Kier molecular flexibility index (Phi) is 3.83. The van der Waals surface area contributed by atoms with Crippen LogP contribution in [-0.2, 0) is 6.42 Å². The normalized spacial score (nSPS) is 14.3. The van der Waals surface area contributed by atoms with Gasteiger partial charge in [0.1, 0.15) is 0 Å². The average molecular weight is 317 g/mol. The number of anilines is 3. The van der Waals surface area contributed by atoms with Gasteiger partial charge in [0, 0.05) is 18.3 Å². The number of nitrogens with one attached hydrogen (secondary N) is 1. The Morgan fingerprint density at radius 2 is 1.83 bits per heavy atom. The predicted molar refractivity (Wildman–Crippen MR) is 95.5 cm³/mol. The van der Waals surface area contributed by atoms with Crippen molar-refractivity contribution in [3.63, 3.8) is 0 Å². The third-order valence-corrected chi connectivity index (χ3v) is 4.34. The second kappa shape index (κ2) is 6.28. The smallest absolute Gasteiger partial charge is 0.251 e.